The van der Waals surface area contributed by atoms with Crippen molar-refractivity contribution in [1.29, 1.82) is 0 Å². The number of nitrogens with zero attached hydrogens (tertiary/aromatic N) is 1. The van der Waals surface area contributed by atoms with Gasteiger partial charge in [-0.3, -0.25) is 14.4 Å². The van der Waals surface area contributed by atoms with Crippen LogP contribution in [0.1, 0.15) is 0 Å². The number of hydrogen-bond acceptors (Lipinski definition) is 4. The lowest BCUT2D eigenvalue weighted by molar-refractivity contribution is 0.477. The van der Waals surface area contributed by atoms with Crippen LogP contribution in [0.2, 0.25) is 0 Å². The van der Waals surface area contributed by atoms with Gasteiger partial charge in [0.05, 0.1) is 10.9 Å². The summed E-state index contributed by atoms with van der Waals surface area (Å²) in [5.74, 6) is 0. The third-order valence-corrected chi connectivity index (χ3v) is 2.65. The molecule has 1 heterocycles. The summed E-state index contributed by atoms with van der Waals surface area (Å²) < 4.78 is 30.3. The first-order chi connectivity index (χ1) is 7.00. The Bertz CT molecular complexity index is 674. The topological polar surface area (TPSA) is 100 Å². The molecule has 2 aromatic rings. The average Bonchev–Trinajstić information content (AvgIpc) is 2.16. The molecule has 0 spiro atoms. The maximum absolute atomic E-state index is 11.6. The number of fused-ring (bicyclic) bond motifs is 1. The highest BCUT2D eigenvalue weighted by molar-refractivity contribution is 7.85. The molecule has 15 heavy (non-hydrogen) atoms. The predicted octanol–water partition coefficient (Wildman–Crippen LogP) is 0.170. The lowest BCUT2D eigenvalue weighted by Gasteiger charge is -1.98. The van der Waals surface area contributed by atoms with E-state index in [2.05, 4.69) is 10.2 Å². The number of H-pyrrole nitrogens is 1. The van der Waals surface area contributed by atoms with E-state index >= 15 is 0 Å². The van der Waals surface area contributed by atoms with Crippen molar-refractivity contribution in [2.75, 3.05) is 0 Å². The molecule has 0 saturated heterocycles. The first-order valence-corrected chi connectivity index (χ1v) is 5.39. The Kier molecular flexibility index (Phi) is 2.06. The number of nitrogens with one attached hydrogen (secondary N) is 1. The second-order valence-corrected chi connectivity index (χ2v) is 4.22. The summed E-state index contributed by atoms with van der Waals surface area (Å²) in [6, 6.07) is 6.29. The Morgan fingerprint density at radius 1 is 1.27 bits per heavy atom. The van der Waals surface area contributed by atoms with Crippen molar-refractivity contribution in [3.63, 3.8) is 0 Å². The molecule has 6 nitrogen and oxygen atoms in total. The van der Waals surface area contributed by atoms with Crippen molar-refractivity contribution in [1.82, 2.24) is 10.2 Å². The molecule has 0 amide bonds. The van der Waals surface area contributed by atoms with Crippen molar-refractivity contribution in [3.8, 4) is 0 Å². The van der Waals surface area contributed by atoms with Gasteiger partial charge in [-0.25, -0.2) is 0 Å². The molecule has 1 aromatic carbocycles. The van der Waals surface area contributed by atoms with E-state index in [1.54, 1.807) is 18.2 Å². The van der Waals surface area contributed by atoms with Crippen LogP contribution in [0.25, 0.3) is 10.9 Å². The first kappa shape index (κ1) is 9.81. The highest BCUT2D eigenvalue weighted by Gasteiger charge is 2.18. The van der Waals surface area contributed by atoms with Gasteiger partial charge in [0.1, 0.15) is 0 Å². The van der Waals surface area contributed by atoms with Gasteiger partial charge in [0.25, 0.3) is 0 Å². The lowest BCUT2D eigenvalue weighted by Crippen LogP contribution is -2.17. The molecule has 0 saturated carbocycles. The lowest BCUT2D eigenvalue weighted by atomic mass is 10.2. The zero-order valence-corrected chi connectivity index (χ0v) is 8.15. The molecule has 0 radical (unpaired) electrons. The molecule has 0 unspecified atom stereocenters. The van der Waals surface area contributed by atoms with Gasteiger partial charge in [0, 0.05) is 0 Å². The van der Waals surface area contributed by atoms with Crippen LogP contribution in [0.4, 0.5) is 0 Å². The van der Waals surface area contributed by atoms with Crippen LogP contribution in [0.5, 0.6) is 0 Å². The molecule has 0 atom stereocenters. The molecule has 2 rings (SSSR count). The maximum atomic E-state index is 11.6. The van der Waals surface area contributed by atoms with Crippen LogP contribution in [-0.2, 0) is 10.1 Å². The van der Waals surface area contributed by atoms with Crippen molar-refractivity contribution < 1.29 is 13.0 Å². The number of aromatic nitrogens is 2. The number of rotatable bonds is 1. The normalized spacial score (nSPS) is 11.8. The molecule has 0 bridgehead atoms. The largest absolute Gasteiger partial charge is 0.317 e. The summed E-state index contributed by atoms with van der Waals surface area (Å²) in [6.07, 6.45) is 0. The third-order valence-electron chi connectivity index (χ3n) is 1.89. The summed E-state index contributed by atoms with van der Waals surface area (Å²) in [7, 11) is -4.58. The van der Waals surface area contributed by atoms with Gasteiger partial charge in [-0.2, -0.15) is 13.5 Å². The van der Waals surface area contributed by atoms with Crippen molar-refractivity contribution in [2.24, 2.45) is 0 Å². The van der Waals surface area contributed by atoms with Crippen LogP contribution in [0.15, 0.2) is 34.1 Å². The Labute approximate surface area is 84.3 Å². The SMILES string of the molecule is O=c1c(S(=O)(=O)O)n[nH]c2ccccc12. The number of aromatic amines is 1. The molecule has 0 fully saturated rings. The fourth-order valence-electron chi connectivity index (χ4n) is 1.23. The Balaban J connectivity index is 2.95. The molecule has 2 N–H and O–H groups in total. The highest BCUT2D eigenvalue weighted by Crippen LogP contribution is 2.07. The second kappa shape index (κ2) is 3.14. The molecule has 1 aromatic heterocycles. The van der Waals surface area contributed by atoms with E-state index in [-0.39, 0.29) is 5.39 Å². The summed E-state index contributed by atoms with van der Waals surface area (Å²) in [5, 5.41) is 4.96. The van der Waals surface area contributed by atoms with Gasteiger partial charge < -0.3 is 0 Å². The Hall–Kier alpha value is -1.73. The van der Waals surface area contributed by atoms with Gasteiger partial charge in [0.2, 0.25) is 10.5 Å². The average molecular weight is 226 g/mol. The fourth-order valence-corrected chi connectivity index (χ4v) is 1.74. The number of benzene rings is 1. The molecule has 0 aliphatic carbocycles. The Morgan fingerprint density at radius 3 is 2.60 bits per heavy atom. The minimum absolute atomic E-state index is 0.167. The van der Waals surface area contributed by atoms with Gasteiger partial charge in [-0.1, -0.05) is 12.1 Å². The predicted molar refractivity (Wildman–Crippen MR) is 52.2 cm³/mol. The zero-order chi connectivity index (χ0) is 11.1. The Morgan fingerprint density at radius 2 is 1.93 bits per heavy atom. The fraction of sp³-hybridized carbons (Fsp3) is 0. The van der Waals surface area contributed by atoms with E-state index < -0.39 is 20.6 Å². The van der Waals surface area contributed by atoms with Crippen LogP contribution in [-0.4, -0.2) is 23.2 Å². The van der Waals surface area contributed by atoms with Crippen molar-refractivity contribution in [3.05, 3.63) is 34.5 Å². The van der Waals surface area contributed by atoms with Crippen molar-refractivity contribution in [2.45, 2.75) is 5.03 Å². The summed E-state index contributed by atoms with van der Waals surface area (Å²) in [5.41, 5.74) is -0.401. The van der Waals surface area contributed by atoms with Gasteiger partial charge in [-0.05, 0) is 12.1 Å². The van der Waals surface area contributed by atoms with Gasteiger partial charge >= 0.3 is 10.1 Å². The van der Waals surface area contributed by atoms with E-state index in [4.69, 9.17) is 4.55 Å². The quantitative estimate of drug-likeness (QED) is 0.675. The van der Waals surface area contributed by atoms with Crippen LogP contribution in [0.3, 0.4) is 0 Å². The summed E-state index contributed by atoms with van der Waals surface area (Å²) in [6.45, 7) is 0. The molecule has 7 heteroatoms. The standard InChI is InChI=1S/C8H6N2O4S/c11-7-5-3-1-2-4-6(5)9-10-8(7)15(12,13)14/h1-4H,(H,9,11)(H,12,13,14). The van der Waals surface area contributed by atoms with Crippen LogP contribution < -0.4 is 5.43 Å². The van der Waals surface area contributed by atoms with Crippen LogP contribution >= 0.6 is 0 Å². The van der Waals surface area contributed by atoms with E-state index in [0.717, 1.165) is 0 Å². The monoisotopic (exact) mass is 226 g/mol. The summed E-state index contributed by atoms with van der Waals surface area (Å²) in [4.78, 5) is 11.6. The summed E-state index contributed by atoms with van der Waals surface area (Å²) >= 11 is 0. The van der Waals surface area contributed by atoms with Gasteiger partial charge in [-0.15, -0.1) is 0 Å². The molecular weight excluding hydrogens is 220 g/mol. The van der Waals surface area contributed by atoms with Crippen molar-refractivity contribution >= 4 is 21.0 Å². The minimum Gasteiger partial charge on any atom is -0.286 e. The maximum Gasteiger partial charge on any atom is 0.317 e. The number of hydrogen-bond donors (Lipinski definition) is 2. The highest BCUT2D eigenvalue weighted by atomic mass is 32.2. The molecule has 78 valence electrons. The third kappa shape index (κ3) is 1.62. The van der Waals surface area contributed by atoms with E-state index in [1.807, 2.05) is 0 Å². The van der Waals surface area contributed by atoms with Crippen LogP contribution in [0, 0.1) is 0 Å². The van der Waals surface area contributed by atoms with E-state index in [9.17, 15) is 13.2 Å². The smallest absolute Gasteiger partial charge is 0.286 e. The molecule has 0 aliphatic heterocycles. The second-order valence-electron chi connectivity index (χ2n) is 2.88. The minimum atomic E-state index is -4.58. The van der Waals surface area contributed by atoms with Gasteiger partial charge in [0.15, 0.2) is 0 Å². The number of para-hydroxylation sites is 1. The van der Waals surface area contributed by atoms with E-state index in [1.165, 1.54) is 6.07 Å². The molecular formula is C8H6N2O4S. The molecule has 0 aliphatic rings. The van der Waals surface area contributed by atoms with E-state index in [0.29, 0.717) is 5.52 Å². The zero-order valence-electron chi connectivity index (χ0n) is 7.34. The first-order valence-electron chi connectivity index (χ1n) is 3.95.